The average Bonchev–Trinajstić information content (AvgIpc) is 2.70. The van der Waals surface area contributed by atoms with Gasteiger partial charge in [-0.15, -0.1) is 0 Å². The first-order chi connectivity index (χ1) is 8.65. The van der Waals surface area contributed by atoms with Gasteiger partial charge in [-0.05, 0) is 17.7 Å². The number of ether oxygens (including phenoxy) is 1. The molecular formula is C14H13NO3. The van der Waals surface area contributed by atoms with Crippen molar-refractivity contribution in [3.05, 3.63) is 36.0 Å². The van der Waals surface area contributed by atoms with Crippen molar-refractivity contribution in [2.24, 2.45) is 7.05 Å². The van der Waals surface area contributed by atoms with Crippen LogP contribution in [0.5, 0.6) is 0 Å². The quantitative estimate of drug-likeness (QED) is 0.569. The first-order valence-electron chi connectivity index (χ1n) is 5.92. The van der Waals surface area contributed by atoms with Crippen LogP contribution in [0.15, 0.2) is 30.5 Å². The number of hydrogen-bond donors (Lipinski definition) is 0. The number of esters is 2. The number of fused-ring (bicyclic) bond motifs is 1. The number of aromatic nitrogens is 1. The molecule has 3 rings (SSSR count). The van der Waals surface area contributed by atoms with Crippen LogP contribution in [-0.2, 0) is 21.4 Å². The summed E-state index contributed by atoms with van der Waals surface area (Å²) >= 11 is 0. The van der Waals surface area contributed by atoms with Crippen LogP contribution < -0.4 is 0 Å². The lowest BCUT2D eigenvalue weighted by atomic mass is 9.89. The molecule has 4 nitrogen and oxygen atoms in total. The van der Waals surface area contributed by atoms with Crippen molar-refractivity contribution in [1.82, 2.24) is 4.57 Å². The van der Waals surface area contributed by atoms with Crippen molar-refractivity contribution in [3.8, 4) is 0 Å². The highest BCUT2D eigenvalue weighted by Crippen LogP contribution is 2.33. The molecule has 0 atom stereocenters. The molecule has 2 aromatic rings. The van der Waals surface area contributed by atoms with E-state index in [1.165, 1.54) is 0 Å². The van der Waals surface area contributed by atoms with Crippen molar-refractivity contribution in [2.75, 3.05) is 0 Å². The van der Waals surface area contributed by atoms with Crippen LogP contribution in [0.4, 0.5) is 0 Å². The zero-order valence-electron chi connectivity index (χ0n) is 10.1. The summed E-state index contributed by atoms with van der Waals surface area (Å²) in [5, 5.41) is 1.10. The van der Waals surface area contributed by atoms with Gasteiger partial charge in [-0.1, -0.05) is 12.1 Å². The normalized spacial score (nSPS) is 17.2. The molecule has 4 heteroatoms. The minimum atomic E-state index is -0.427. The molecule has 18 heavy (non-hydrogen) atoms. The highest BCUT2D eigenvalue weighted by atomic mass is 16.6. The lowest BCUT2D eigenvalue weighted by molar-refractivity contribution is -0.163. The Morgan fingerprint density at radius 1 is 1.17 bits per heavy atom. The molecule has 1 aromatic heterocycles. The van der Waals surface area contributed by atoms with Crippen LogP contribution in [0, 0.1) is 0 Å². The number of carbonyl (C=O) groups excluding carboxylic acids is 2. The number of rotatable bonds is 1. The highest BCUT2D eigenvalue weighted by molar-refractivity contribution is 5.91. The van der Waals surface area contributed by atoms with Crippen LogP contribution >= 0.6 is 0 Å². The highest BCUT2D eigenvalue weighted by Gasteiger charge is 2.29. The largest absolute Gasteiger partial charge is 0.393 e. The maximum atomic E-state index is 11.4. The molecule has 0 amide bonds. The van der Waals surface area contributed by atoms with Crippen molar-refractivity contribution in [3.63, 3.8) is 0 Å². The van der Waals surface area contributed by atoms with Gasteiger partial charge in [0.2, 0.25) is 0 Å². The summed E-state index contributed by atoms with van der Waals surface area (Å²) in [5.41, 5.74) is 2.16. The van der Waals surface area contributed by atoms with E-state index in [4.69, 9.17) is 0 Å². The standard InChI is InChI=1S/C14H13NO3/c1-15-6-5-11-10(3-2-4-12(11)15)9-7-13(16)18-14(17)8-9/h2-6,9H,7-8H2,1H3. The molecule has 0 saturated carbocycles. The van der Waals surface area contributed by atoms with Crippen LogP contribution in [0.3, 0.4) is 0 Å². The number of carbonyl (C=O) groups is 2. The van der Waals surface area contributed by atoms with E-state index in [1.54, 1.807) is 0 Å². The fourth-order valence-corrected chi connectivity index (χ4v) is 2.59. The summed E-state index contributed by atoms with van der Waals surface area (Å²) in [7, 11) is 1.98. The van der Waals surface area contributed by atoms with Gasteiger partial charge in [-0.3, -0.25) is 9.59 Å². The van der Waals surface area contributed by atoms with Crippen molar-refractivity contribution in [1.29, 1.82) is 0 Å². The summed E-state index contributed by atoms with van der Waals surface area (Å²) in [4.78, 5) is 22.7. The van der Waals surface area contributed by atoms with E-state index in [-0.39, 0.29) is 18.8 Å². The molecule has 1 aliphatic rings. The maximum Gasteiger partial charge on any atom is 0.314 e. The molecule has 2 heterocycles. The summed E-state index contributed by atoms with van der Waals surface area (Å²) in [6, 6.07) is 8.00. The molecule has 0 radical (unpaired) electrons. The number of benzene rings is 1. The van der Waals surface area contributed by atoms with Crippen molar-refractivity contribution >= 4 is 22.8 Å². The molecule has 0 aliphatic carbocycles. The molecule has 0 spiro atoms. The third-order valence-corrected chi connectivity index (χ3v) is 3.46. The van der Waals surface area contributed by atoms with E-state index >= 15 is 0 Å². The first kappa shape index (κ1) is 11.0. The van der Waals surface area contributed by atoms with E-state index in [9.17, 15) is 9.59 Å². The van der Waals surface area contributed by atoms with Gasteiger partial charge >= 0.3 is 11.9 Å². The third-order valence-electron chi connectivity index (χ3n) is 3.46. The van der Waals surface area contributed by atoms with Gasteiger partial charge in [0.05, 0.1) is 12.8 Å². The molecule has 92 valence electrons. The number of cyclic esters (lactones) is 2. The van der Waals surface area contributed by atoms with Gasteiger partial charge in [0, 0.05) is 30.1 Å². The van der Waals surface area contributed by atoms with Crippen molar-refractivity contribution < 1.29 is 14.3 Å². The predicted octanol–water partition coefficient (Wildman–Crippen LogP) is 2.13. The number of aryl methyl sites for hydroxylation is 1. The Hall–Kier alpha value is -2.10. The Labute approximate surface area is 104 Å². The Kier molecular flexibility index (Phi) is 2.44. The van der Waals surface area contributed by atoms with Gasteiger partial charge in [0.15, 0.2) is 0 Å². The van der Waals surface area contributed by atoms with Crippen LogP contribution in [0.25, 0.3) is 10.9 Å². The minimum absolute atomic E-state index is 0.0650. The predicted molar refractivity (Wildman–Crippen MR) is 66.0 cm³/mol. The second-order valence-electron chi connectivity index (χ2n) is 4.66. The lowest BCUT2D eigenvalue weighted by Crippen LogP contribution is -2.24. The molecule has 1 aliphatic heterocycles. The first-order valence-corrected chi connectivity index (χ1v) is 5.92. The van der Waals surface area contributed by atoms with Crippen LogP contribution in [-0.4, -0.2) is 16.5 Å². The average molecular weight is 243 g/mol. The summed E-state index contributed by atoms with van der Waals surface area (Å²) in [6.07, 6.45) is 2.54. The zero-order valence-corrected chi connectivity index (χ0v) is 10.1. The summed E-state index contributed by atoms with van der Waals surface area (Å²) in [5.74, 6) is -0.918. The molecule has 0 N–H and O–H groups in total. The second-order valence-corrected chi connectivity index (χ2v) is 4.66. The topological polar surface area (TPSA) is 48.3 Å². The fraction of sp³-hybridized carbons (Fsp3) is 0.286. The smallest absolute Gasteiger partial charge is 0.314 e. The van der Waals surface area contributed by atoms with Gasteiger partial charge in [-0.2, -0.15) is 0 Å². The maximum absolute atomic E-state index is 11.4. The van der Waals surface area contributed by atoms with Gasteiger partial charge in [0.1, 0.15) is 0 Å². The summed E-state index contributed by atoms with van der Waals surface area (Å²) < 4.78 is 6.60. The fourth-order valence-electron chi connectivity index (χ4n) is 2.59. The van der Waals surface area contributed by atoms with E-state index in [0.717, 1.165) is 16.5 Å². The van der Waals surface area contributed by atoms with Gasteiger partial charge < -0.3 is 9.30 Å². The lowest BCUT2D eigenvalue weighted by Gasteiger charge is -2.20. The molecule has 1 aromatic carbocycles. The Morgan fingerprint density at radius 2 is 1.89 bits per heavy atom. The van der Waals surface area contributed by atoms with E-state index in [2.05, 4.69) is 4.74 Å². The van der Waals surface area contributed by atoms with E-state index in [1.807, 2.05) is 42.1 Å². The Bertz CT molecular complexity index is 626. The Morgan fingerprint density at radius 3 is 2.61 bits per heavy atom. The van der Waals surface area contributed by atoms with Crippen LogP contribution in [0.2, 0.25) is 0 Å². The number of nitrogens with zero attached hydrogens (tertiary/aromatic N) is 1. The molecule has 1 saturated heterocycles. The van der Waals surface area contributed by atoms with Crippen molar-refractivity contribution in [2.45, 2.75) is 18.8 Å². The Balaban J connectivity index is 2.08. The zero-order chi connectivity index (χ0) is 12.7. The molecule has 1 fully saturated rings. The molecular weight excluding hydrogens is 230 g/mol. The minimum Gasteiger partial charge on any atom is -0.393 e. The molecule has 0 unspecified atom stereocenters. The molecule has 0 bridgehead atoms. The van der Waals surface area contributed by atoms with E-state index in [0.29, 0.717) is 0 Å². The second kappa shape index (κ2) is 3.98. The SMILES string of the molecule is Cn1ccc2c(C3CC(=O)OC(=O)C3)cccc21. The monoisotopic (exact) mass is 243 g/mol. The van der Waals surface area contributed by atoms with E-state index < -0.39 is 11.9 Å². The van der Waals surface area contributed by atoms with Gasteiger partial charge in [-0.25, -0.2) is 0 Å². The third kappa shape index (κ3) is 1.70. The van der Waals surface area contributed by atoms with Gasteiger partial charge in [0.25, 0.3) is 0 Å². The summed E-state index contributed by atoms with van der Waals surface area (Å²) in [6.45, 7) is 0. The van der Waals surface area contributed by atoms with Crippen LogP contribution in [0.1, 0.15) is 24.3 Å². The number of hydrogen-bond acceptors (Lipinski definition) is 3.